The van der Waals surface area contributed by atoms with Crippen molar-refractivity contribution in [3.05, 3.63) is 273 Å². The van der Waals surface area contributed by atoms with Crippen LogP contribution in [0.2, 0.25) is 20.1 Å². The Morgan fingerprint density at radius 2 is 0.689 bits per heavy atom. The summed E-state index contributed by atoms with van der Waals surface area (Å²) in [6, 6.07) is 59.7. The highest BCUT2D eigenvalue weighted by molar-refractivity contribution is 7.80. The molecule has 5 aromatic carbocycles. The number of rotatable bonds is 0. The molecule has 10 aromatic heterocycles. The molecule has 0 aliphatic rings. The number of nitrogens with zero attached hydrogens (tertiary/aromatic N) is 5. The molecule has 0 saturated carbocycles. The van der Waals surface area contributed by atoms with E-state index in [0.717, 1.165) is 86.5 Å². The topological polar surface area (TPSA) is 81.2 Å². The predicted molar refractivity (Wildman–Crippen MR) is 348 cm³/mol. The summed E-state index contributed by atoms with van der Waals surface area (Å²) in [5.41, 5.74) is 14.2. The largest absolute Gasteiger partial charge is 1.00 e. The van der Waals surface area contributed by atoms with Gasteiger partial charge in [-0.05, 0) is 125 Å². The van der Waals surface area contributed by atoms with E-state index in [0.29, 0.717) is 32.1 Å². The van der Waals surface area contributed by atoms with E-state index in [2.05, 4.69) is 65.6 Å². The van der Waals surface area contributed by atoms with Gasteiger partial charge in [0.05, 0.1) is 43.3 Å². The summed E-state index contributed by atoms with van der Waals surface area (Å²) in [6.07, 6.45) is 9.80. The minimum Gasteiger partial charge on any atom is -1.00 e. The van der Waals surface area contributed by atoms with E-state index in [1.54, 1.807) is 28.8 Å². The Kier molecular flexibility index (Phi) is 25.5. The quantitative estimate of drug-likeness (QED) is 0.107. The molecule has 19 heteroatoms. The summed E-state index contributed by atoms with van der Waals surface area (Å²) in [6.45, 7) is 9.83. The van der Waals surface area contributed by atoms with Crippen LogP contribution in [0.25, 0.3) is 82.1 Å². The second-order valence-electron chi connectivity index (χ2n) is 20.2. The monoisotopic (exact) mass is 1400 g/mol. The minimum absolute atomic E-state index is 0. The van der Waals surface area contributed by atoms with Crippen LogP contribution < -0.4 is 84.0 Å². The molecule has 462 valence electrons. The van der Waals surface area contributed by atoms with Crippen LogP contribution in [-0.2, 0) is 0 Å². The number of halogens is 10. The van der Waals surface area contributed by atoms with Gasteiger partial charge in [-0.3, -0.25) is 0 Å². The maximum atomic E-state index is 13.9. The van der Waals surface area contributed by atoms with Crippen molar-refractivity contribution in [3.8, 4) is 17.2 Å². The molecule has 8 nitrogen and oxygen atoms in total. The van der Waals surface area contributed by atoms with E-state index < -0.39 is 0 Å². The third kappa shape index (κ3) is 13.7. The maximum Gasteiger partial charge on any atom is 0.258 e. The van der Waals surface area contributed by atoms with Crippen molar-refractivity contribution in [1.29, 1.82) is 0 Å². The van der Waals surface area contributed by atoms with Gasteiger partial charge in [-0.2, -0.15) is 26.4 Å². The van der Waals surface area contributed by atoms with E-state index in [4.69, 9.17) is 46.4 Å². The van der Waals surface area contributed by atoms with Crippen molar-refractivity contribution in [2.45, 2.75) is 46.9 Å². The number of pyridine rings is 10. The summed E-state index contributed by atoms with van der Waals surface area (Å²) < 4.78 is 24.0. The number of hydrogen-bond donors (Lipinski definition) is 4. The van der Waals surface area contributed by atoms with E-state index in [1.165, 1.54) is 28.1 Å². The molecule has 0 spiro atoms. The van der Waals surface area contributed by atoms with E-state index >= 15 is 0 Å². The molecule has 0 aliphatic heterocycles. The highest BCUT2D eigenvalue weighted by atomic mass is 35.5. The fourth-order valence-corrected chi connectivity index (χ4v) is 12.4. The molecular weight excluding hydrogens is 1340 g/mol. The summed E-state index contributed by atoms with van der Waals surface area (Å²) in [7, 11) is 0. The first-order valence-corrected chi connectivity index (χ1v) is 28.8. The van der Waals surface area contributed by atoms with Crippen LogP contribution in [0.1, 0.15) is 35.2 Å². The fraction of sp³-hybridized carbons (Fsp3) is 0.0845. The van der Waals surface area contributed by atoms with Gasteiger partial charge in [0.1, 0.15) is 37.7 Å². The van der Waals surface area contributed by atoms with Gasteiger partial charge in [0.25, 0.3) is 5.52 Å². The molecule has 90 heavy (non-hydrogen) atoms. The van der Waals surface area contributed by atoms with E-state index in [-0.39, 0.29) is 86.8 Å². The van der Waals surface area contributed by atoms with E-state index in [1.807, 2.05) is 188 Å². The van der Waals surface area contributed by atoms with Crippen LogP contribution in [0.3, 0.4) is 0 Å². The van der Waals surface area contributed by atoms with Crippen molar-refractivity contribution in [2.24, 2.45) is 0 Å². The summed E-state index contributed by atoms with van der Waals surface area (Å²) in [5, 5.41) is 37.6. The summed E-state index contributed by atoms with van der Waals surface area (Å²) >= 11 is 29.6. The van der Waals surface area contributed by atoms with Gasteiger partial charge in [-0.1, -0.05) is 84.2 Å². The lowest BCUT2D eigenvalue weighted by Crippen LogP contribution is -3.00. The second-order valence-corrected chi connectivity index (χ2v) is 22.3. The Hall–Kier alpha value is -7.16. The highest BCUT2D eigenvalue weighted by Gasteiger charge is 2.24. The molecule has 0 bridgehead atoms. The Bertz CT molecular complexity index is 4840. The lowest BCUT2D eigenvalue weighted by atomic mass is 10.1. The number of hydrogen-bond acceptors (Lipinski definition) is 4. The molecular formula is C71H59Cl9FN5O3S. The number of aromatic hydroxyl groups is 3. The van der Waals surface area contributed by atoms with Crippen LogP contribution in [0.15, 0.2) is 224 Å². The average Bonchev–Trinajstić information content (AvgIpc) is 1.26. The summed E-state index contributed by atoms with van der Waals surface area (Å²) in [4.78, 5) is 0.994. The zero-order valence-electron chi connectivity index (χ0n) is 48.1. The van der Waals surface area contributed by atoms with E-state index in [9.17, 15) is 19.7 Å². The lowest BCUT2D eigenvalue weighted by molar-refractivity contribution is -0.483. The van der Waals surface area contributed by atoms with Crippen molar-refractivity contribution in [3.63, 3.8) is 0 Å². The molecule has 0 radical (unpaired) electrons. The molecule has 0 atom stereocenters. The van der Waals surface area contributed by atoms with Crippen LogP contribution in [0.5, 0.6) is 17.2 Å². The molecule has 15 aromatic rings. The van der Waals surface area contributed by atoms with Gasteiger partial charge in [0.15, 0.2) is 36.8 Å². The SMILES string of the molecule is C.Cc1c(O)c2c(Cl)cccc2[n+]2ccccc12.Cc1c(O)c2cccc(Cl)c2[n+]2ccccc12.Cc1c(O)c2cccc(F)c2[n+]2ccccc12.Cc1c(S)c2cccc(Cl)c2[n+]2ccccc12.Cc1cc2cccc[n+]2c2c(Cl)cccc12.[Cl-].[Cl-].[Cl-].[Cl-].[Cl-]. The van der Waals surface area contributed by atoms with Gasteiger partial charge in [0, 0.05) is 83.3 Å². The molecule has 0 unspecified atom stereocenters. The molecule has 0 amide bonds. The van der Waals surface area contributed by atoms with Gasteiger partial charge in [-0.25, -0.2) is 0 Å². The molecule has 15 rings (SSSR count). The van der Waals surface area contributed by atoms with Crippen molar-refractivity contribution >= 4 is 141 Å². The molecule has 0 aliphatic carbocycles. The van der Waals surface area contributed by atoms with Gasteiger partial charge in [0.2, 0.25) is 49.7 Å². The first-order chi connectivity index (χ1) is 40.6. The van der Waals surface area contributed by atoms with Gasteiger partial charge in [-0.15, -0.1) is 12.6 Å². The lowest BCUT2D eigenvalue weighted by Gasteiger charge is -2.05. The highest BCUT2D eigenvalue weighted by Crippen LogP contribution is 2.36. The zero-order valence-corrected chi connectivity index (χ0v) is 55.8. The minimum atomic E-state index is -0.334. The van der Waals surface area contributed by atoms with Crippen LogP contribution in [-0.4, -0.2) is 15.3 Å². The molecule has 0 saturated heterocycles. The van der Waals surface area contributed by atoms with Crippen LogP contribution in [0.4, 0.5) is 4.39 Å². The first kappa shape index (κ1) is 73.6. The molecule has 3 N–H and O–H groups in total. The first-order valence-electron chi connectivity index (χ1n) is 26.9. The predicted octanol–water partition coefficient (Wildman–Crippen LogP) is 2.25. The number of para-hydroxylation sites is 4. The smallest absolute Gasteiger partial charge is 0.258 e. The Labute approximate surface area is 577 Å². The molecule has 0 fully saturated rings. The fourth-order valence-electron chi connectivity index (χ4n) is 11.0. The van der Waals surface area contributed by atoms with Crippen LogP contribution in [0, 0.1) is 40.4 Å². The van der Waals surface area contributed by atoms with Crippen LogP contribution >= 0.6 is 59.0 Å². The van der Waals surface area contributed by atoms with Gasteiger partial charge < -0.3 is 77.4 Å². The number of aryl methyl sites for hydroxylation is 5. The standard InChI is InChI=1S/2C14H10ClNO.C14H10ClNS.C14H11ClN.C14H10FNO.CH4.5ClH/c1-9-12-7-2-3-8-16(12)13-10(14(9)17)5-4-6-11(13)15;1-9-11-6-2-3-8-16(11)12-7-4-5-10(15)13(12)14(9)17;1-9-12-7-2-3-8-16(12)13-10(14(9)17)5-4-6-11(13)15;1-10-9-11-5-2-3-8-16(11)14-12(10)6-4-7-13(14)15;1-9-12-7-2-3-8-16(12)13-10(14(9)17)5-4-6-11(13)15;;;;;;/h3*2-8H,1H3;2-9H,1H3;2-8H,1H3;1H4;5*1H/q;;;+1;;;;;;;/p-1. The zero-order chi connectivity index (χ0) is 59.1. The average molecular weight is 1400 g/mol. The Balaban J connectivity index is 0.000000201. The maximum absolute atomic E-state index is 13.9. The van der Waals surface area contributed by atoms with Gasteiger partial charge >= 0.3 is 0 Å². The Morgan fingerprint density at radius 1 is 0.344 bits per heavy atom. The number of aromatic nitrogens is 5. The summed E-state index contributed by atoms with van der Waals surface area (Å²) in [5.74, 6) is 0.371. The molecule has 10 heterocycles. The normalized spacial score (nSPS) is 10.4. The second kappa shape index (κ2) is 31.2. The van der Waals surface area contributed by atoms with Crippen molar-refractivity contribution in [2.75, 3.05) is 0 Å². The number of benzene rings is 5. The number of fused-ring (bicyclic) bond motifs is 15. The number of thiol groups is 1. The Morgan fingerprint density at radius 3 is 1.21 bits per heavy atom. The van der Waals surface area contributed by atoms with Crippen molar-refractivity contribution < 1.29 is 104 Å². The third-order valence-electron chi connectivity index (χ3n) is 15.2. The third-order valence-corrected chi connectivity index (χ3v) is 17.0. The van der Waals surface area contributed by atoms with Crippen molar-refractivity contribution in [1.82, 2.24) is 0 Å².